The maximum atomic E-state index is 8.40. The van der Waals surface area contributed by atoms with E-state index in [1.807, 2.05) is 43.3 Å². The predicted molar refractivity (Wildman–Crippen MR) is 88.6 cm³/mol. The molecule has 4 rings (SSSR count). The highest BCUT2D eigenvalue weighted by Gasteiger charge is 2.12. The van der Waals surface area contributed by atoms with Crippen molar-refractivity contribution in [3.8, 4) is 11.1 Å². The summed E-state index contributed by atoms with van der Waals surface area (Å²) >= 11 is 0. The standard InChI is InChI=1S/C20H16O/c1-13-6-5-7-15(12-13)16-10-11-19-20(14(16)2)17-8-3-4-9-18(17)21-19/h3-12H,1-2H3/i5D,6D,7D,12D. The van der Waals surface area contributed by atoms with Crippen molar-refractivity contribution in [1.29, 1.82) is 0 Å². The highest BCUT2D eigenvalue weighted by molar-refractivity contribution is 6.08. The summed E-state index contributed by atoms with van der Waals surface area (Å²) in [5.41, 5.74) is 4.05. The van der Waals surface area contributed by atoms with E-state index in [4.69, 9.17) is 9.90 Å². The van der Waals surface area contributed by atoms with Crippen LogP contribution < -0.4 is 0 Å². The third kappa shape index (κ3) is 1.85. The van der Waals surface area contributed by atoms with Gasteiger partial charge in [0, 0.05) is 10.8 Å². The van der Waals surface area contributed by atoms with Crippen LogP contribution >= 0.6 is 0 Å². The normalized spacial score (nSPS) is 14.0. The van der Waals surface area contributed by atoms with Gasteiger partial charge in [-0.25, -0.2) is 0 Å². The van der Waals surface area contributed by atoms with E-state index in [1.54, 1.807) is 6.92 Å². The number of fused-ring (bicyclic) bond motifs is 3. The van der Waals surface area contributed by atoms with Crippen LogP contribution in [0, 0.1) is 13.8 Å². The Labute approximate surface area is 129 Å². The van der Waals surface area contributed by atoms with E-state index in [9.17, 15) is 0 Å². The minimum absolute atomic E-state index is 0.0498. The topological polar surface area (TPSA) is 13.1 Å². The molecule has 1 aromatic heterocycles. The summed E-state index contributed by atoms with van der Waals surface area (Å²) in [4.78, 5) is 0. The average Bonchev–Trinajstić information content (AvgIpc) is 2.99. The van der Waals surface area contributed by atoms with Gasteiger partial charge in [-0.05, 0) is 42.7 Å². The highest BCUT2D eigenvalue weighted by atomic mass is 16.3. The quantitative estimate of drug-likeness (QED) is 0.424. The summed E-state index contributed by atoms with van der Waals surface area (Å²) in [5.74, 6) is 0. The third-order valence-corrected chi connectivity index (χ3v) is 3.82. The number of rotatable bonds is 1. The fraction of sp³-hybridized carbons (Fsp3) is 0.100. The number of hydrogen-bond donors (Lipinski definition) is 0. The number of aryl methyl sites for hydroxylation is 1. The van der Waals surface area contributed by atoms with Crippen LogP contribution in [0.1, 0.15) is 16.6 Å². The van der Waals surface area contributed by atoms with E-state index in [2.05, 4.69) is 0 Å². The number of hydrogen-bond acceptors (Lipinski definition) is 1. The molecule has 0 aliphatic heterocycles. The van der Waals surface area contributed by atoms with Gasteiger partial charge in [0.25, 0.3) is 0 Å². The van der Waals surface area contributed by atoms with E-state index in [-0.39, 0.29) is 24.2 Å². The zero-order valence-electron chi connectivity index (χ0n) is 15.9. The van der Waals surface area contributed by atoms with Gasteiger partial charge in [0.2, 0.25) is 0 Å². The second-order valence-corrected chi connectivity index (χ2v) is 5.21. The first kappa shape index (κ1) is 8.68. The summed E-state index contributed by atoms with van der Waals surface area (Å²) in [7, 11) is 0. The van der Waals surface area contributed by atoms with Crippen molar-refractivity contribution >= 4 is 21.9 Å². The average molecular weight is 276 g/mol. The first-order valence-electron chi connectivity index (χ1n) is 8.90. The third-order valence-electron chi connectivity index (χ3n) is 3.82. The van der Waals surface area contributed by atoms with Crippen molar-refractivity contribution in [3.05, 3.63) is 71.7 Å². The number of furan rings is 1. The van der Waals surface area contributed by atoms with E-state index in [0.717, 1.165) is 33.1 Å². The van der Waals surface area contributed by atoms with Gasteiger partial charge in [-0.2, -0.15) is 0 Å². The molecule has 102 valence electrons. The summed E-state index contributed by atoms with van der Waals surface area (Å²) in [6, 6.07) is 11.4. The summed E-state index contributed by atoms with van der Waals surface area (Å²) in [5, 5.41) is 1.96. The van der Waals surface area contributed by atoms with Gasteiger partial charge in [0.05, 0.1) is 5.48 Å². The Bertz CT molecular complexity index is 1130. The van der Waals surface area contributed by atoms with Crippen LogP contribution in [-0.4, -0.2) is 0 Å². The lowest BCUT2D eigenvalue weighted by molar-refractivity contribution is 0.669. The molecule has 0 aliphatic carbocycles. The molecule has 0 spiro atoms. The first-order chi connectivity index (χ1) is 11.9. The fourth-order valence-corrected chi connectivity index (χ4v) is 2.83. The van der Waals surface area contributed by atoms with Crippen LogP contribution in [0.5, 0.6) is 0 Å². The molecule has 0 unspecified atom stereocenters. The Kier molecular flexibility index (Phi) is 1.86. The Hall–Kier alpha value is -2.54. The SMILES string of the molecule is [2H]c1c([2H])c(C)c([2H])c(-c2ccc3oc4ccccc4c3c2C)c1[2H]. The Balaban J connectivity index is 2.13. The minimum atomic E-state index is -0.139. The Morgan fingerprint density at radius 1 is 0.952 bits per heavy atom. The molecule has 0 aliphatic rings. The molecule has 0 fully saturated rings. The van der Waals surface area contributed by atoms with Gasteiger partial charge in [-0.1, -0.05) is 54.0 Å². The van der Waals surface area contributed by atoms with E-state index in [1.165, 1.54) is 0 Å². The molecule has 0 atom stereocenters. The number of benzene rings is 3. The molecular formula is C20H16O. The molecule has 3 aromatic carbocycles. The van der Waals surface area contributed by atoms with Crippen molar-refractivity contribution in [2.24, 2.45) is 0 Å². The molecule has 4 aromatic rings. The molecule has 0 saturated heterocycles. The zero-order chi connectivity index (χ0) is 17.9. The summed E-state index contributed by atoms with van der Waals surface area (Å²) in [6.45, 7) is 3.61. The number of para-hydroxylation sites is 1. The lowest BCUT2D eigenvalue weighted by atomic mass is 9.95. The van der Waals surface area contributed by atoms with E-state index in [0.29, 0.717) is 11.1 Å². The molecule has 1 nitrogen and oxygen atoms in total. The molecule has 0 N–H and O–H groups in total. The van der Waals surface area contributed by atoms with Gasteiger partial charge in [-0.15, -0.1) is 0 Å². The predicted octanol–water partition coefficient (Wildman–Crippen LogP) is 5.87. The van der Waals surface area contributed by atoms with Crippen LogP contribution in [0.4, 0.5) is 0 Å². The van der Waals surface area contributed by atoms with E-state index < -0.39 is 0 Å². The largest absolute Gasteiger partial charge is 0.456 e. The maximum Gasteiger partial charge on any atom is 0.135 e. The summed E-state index contributed by atoms with van der Waals surface area (Å²) < 4.78 is 38.5. The zero-order valence-corrected chi connectivity index (χ0v) is 11.9. The molecule has 0 amide bonds. The second kappa shape index (κ2) is 4.49. The van der Waals surface area contributed by atoms with Crippen LogP contribution in [0.3, 0.4) is 0 Å². The minimum Gasteiger partial charge on any atom is -0.456 e. The molecule has 1 heterocycles. The van der Waals surface area contributed by atoms with Crippen LogP contribution in [0.2, 0.25) is 0 Å². The van der Waals surface area contributed by atoms with E-state index >= 15 is 0 Å². The maximum absolute atomic E-state index is 8.40. The van der Waals surface area contributed by atoms with Crippen molar-refractivity contribution < 1.29 is 9.90 Å². The van der Waals surface area contributed by atoms with Crippen molar-refractivity contribution in [3.63, 3.8) is 0 Å². The van der Waals surface area contributed by atoms with Crippen molar-refractivity contribution in [2.45, 2.75) is 13.8 Å². The monoisotopic (exact) mass is 276 g/mol. The molecule has 0 bridgehead atoms. The van der Waals surface area contributed by atoms with Crippen LogP contribution in [0.15, 0.2) is 65.0 Å². The second-order valence-electron chi connectivity index (χ2n) is 5.21. The molecular weight excluding hydrogens is 256 g/mol. The molecule has 0 radical (unpaired) electrons. The van der Waals surface area contributed by atoms with Crippen molar-refractivity contribution in [2.75, 3.05) is 0 Å². The lowest BCUT2D eigenvalue weighted by Crippen LogP contribution is -1.85. The van der Waals surface area contributed by atoms with Crippen LogP contribution in [0.25, 0.3) is 33.1 Å². The smallest absolute Gasteiger partial charge is 0.135 e. The Morgan fingerprint density at radius 3 is 2.71 bits per heavy atom. The van der Waals surface area contributed by atoms with Gasteiger partial charge in [0.1, 0.15) is 11.2 Å². The van der Waals surface area contributed by atoms with Gasteiger partial charge < -0.3 is 4.42 Å². The Morgan fingerprint density at radius 2 is 1.81 bits per heavy atom. The molecule has 21 heavy (non-hydrogen) atoms. The summed E-state index contributed by atoms with van der Waals surface area (Å²) in [6.07, 6.45) is 0. The van der Waals surface area contributed by atoms with Crippen molar-refractivity contribution in [1.82, 2.24) is 0 Å². The lowest BCUT2D eigenvalue weighted by Gasteiger charge is -2.08. The van der Waals surface area contributed by atoms with Gasteiger partial charge in [0.15, 0.2) is 0 Å². The molecule has 0 saturated carbocycles. The first-order valence-corrected chi connectivity index (χ1v) is 6.90. The molecule has 1 heteroatoms. The van der Waals surface area contributed by atoms with Gasteiger partial charge >= 0.3 is 0 Å². The van der Waals surface area contributed by atoms with Crippen LogP contribution in [-0.2, 0) is 0 Å². The highest BCUT2D eigenvalue weighted by Crippen LogP contribution is 2.36. The van der Waals surface area contributed by atoms with Gasteiger partial charge in [-0.3, -0.25) is 0 Å². The fourth-order valence-electron chi connectivity index (χ4n) is 2.83.